The van der Waals surface area contributed by atoms with Gasteiger partial charge in [-0.3, -0.25) is 4.99 Å². The summed E-state index contributed by atoms with van der Waals surface area (Å²) in [6.07, 6.45) is 4.41. The quantitative estimate of drug-likeness (QED) is 0.814. The van der Waals surface area contributed by atoms with E-state index in [0.717, 1.165) is 48.9 Å². The smallest absolute Gasteiger partial charge is 0.110 e. The molecule has 130 valence electrons. The number of halogens is 1. The number of benzene rings is 2. The molecule has 1 atom stereocenters. The van der Waals surface area contributed by atoms with Gasteiger partial charge in [-0.25, -0.2) is 0 Å². The van der Waals surface area contributed by atoms with Crippen molar-refractivity contribution < 1.29 is 4.74 Å². The monoisotopic (exact) mass is 354 g/mol. The minimum atomic E-state index is -0.0383. The minimum absolute atomic E-state index is 0.0383. The van der Waals surface area contributed by atoms with Gasteiger partial charge in [-0.05, 0) is 48.6 Å². The Labute approximate surface area is 154 Å². The standard InChI is InChI=1S/C21H23ClN2O/c22-18-8-5-6-16(12-18)14-23-20-21(10-3-4-11-25-15-21)13-17-7-1-2-9-19(17)24-20/h1-2,5-9,12H,3-4,10-11,13-15H2,(H,23,24). The van der Waals surface area contributed by atoms with E-state index >= 15 is 0 Å². The van der Waals surface area contributed by atoms with Crippen LogP contribution in [-0.4, -0.2) is 19.0 Å². The van der Waals surface area contributed by atoms with Crippen LogP contribution in [0.3, 0.4) is 0 Å². The molecule has 3 nitrogen and oxygen atoms in total. The highest BCUT2D eigenvalue weighted by Crippen LogP contribution is 2.40. The molecule has 1 fully saturated rings. The molecule has 2 aliphatic heterocycles. The summed E-state index contributed by atoms with van der Waals surface area (Å²) >= 11 is 6.11. The van der Waals surface area contributed by atoms with E-state index in [2.05, 4.69) is 35.6 Å². The molecule has 4 heteroatoms. The number of hydrogen-bond donors (Lipinski definition) is 1. The Kier molecular flexibility index (Phi) is 4.78. The van der Waals surface area contributed by atoms with E-state index in [-0.39, 0.29) is 5.41 Å². The van der Waals surface area contributed by atoms with Crippen LogP contribution < -0.4 is 5.32 Å². The molecular formula is C21H23ClN2O. The second kappa shape index (κ2) is 7.19. The lowest BCUT2D eigenvalue weighted by atomic mass is 9.74. The second-order valence-corrected chi connectivity index (χ2v) is 7.48. The molecule has 2 aromatic carbocycles. The molecule has 1 N–H and O–H groups in total. The van der Waals surface area contributed by atoms with Crippen molar-refractivity contribution in [3.8, 4) is 0 Å². The molecule has 0 aliphatic carbocycles. The van der Waals surface area contributed by atoms with E-state index < -0.39 is 0 Å². The van der Waals surface area contributed by atoms with Crippen LogP contribution in [0.2, 0.25) is 5.02 Å². The van der Waals surface area contributed by atoms with Gasteiger partial charge in [0.2, 0.25) is 0 Å². The lowest BCUT2D eigenvalue weighted by Gasteiger charge is -2.39. The van der Waals surface area contributed by atoms with Crippen LogP contribution in [0.4, 0.5) is 5.69 Å². The summed E-state index contributed by atoms with van der Waals surface area (Å²) in [5.41, 5.74) is 3.62. The number of ether oxygens (including phenoxy) is 1. The molecule has 2 aromatic rings. The van der Waals surface area contributed by atoms with Gasteiger partial charge in [-0.2, -0.15) is 0 Å². The van der Waals surface area contributed by atoms with E-state index in [1.807, 2.05) is 18.2 Å². The van der Waals surface area contributed by atoms with Gasteiger partial charge in [-0.15, -0.1) is 0 Å². The number of anilines is 1. The first-order valence-corrected chi connectivity index (χ1v) is 9.35. The average molecular weight is 355 g/mol. The Morgan fingerprint density at radius 2 is 2.04 bits per heavy atom. The Balaban J connectivity index is 1.67. The summed E-state index contributed by atoms with van der Waals surface area (Å²) in [6.45, 7) is 2.22. The third-order valence-electron chi connectivity index (χ3n) is 5.18. The second-order valence-electron chi connectivity index (χ2n) is 7.04. The first-order chi connectivity index (χ1) is 12.3. The first-order valence-electron chi connectivity index (χ1n) is 8.97. The molecule has 0 aromatic heterocycles. The van der Waals surface area contributed by atoms with Gasteiger partial charge in [0, 0.05) is 17.3 Å². The number of rotatable bonds is 2. The molecule has 0 bridgehead atoms. The van der Waals surface area contributed by atoms with Crippen molar-refractivity contribution in [3.05, 3.63) is 64.7 Å². The third-order valence-corrected chi connectivity index (χ3v) is 5.42. The summed E-state index contributed by atoms with van der Waals surface area (Å²) in [7, 11) is 0. The lowest BCUT2D eigenvalue weighted by Crippen LogP contribution is -2.45. The van der Waals surface area contributed by atoms with Crippen LogP contribution >= 0.6 is 11.6 Å². The fraction of sp³-hybridized carbons (Fsp3) is 0.381. The molecule has 0 saturated carbocycles. The minimum Gasteiger partial charge on any atom is -0.380 e. The zero-order chi connectivity index (χ0) is 17.1. The largest absolute Gasteiger partial charge is 0.380 e. The summed E-state index contributed by atoms with van der Waals surface area (Å²) in [5, 5.41) is 4.36. The average Bonchev–Trinajstić information content (AvgIpc) is 2.86. The van der Waals surface area contributed by atoms with E-state index in [9.17, 15) is 0 Å². The van der Waals surface area contributed by atoms with Gasteiger partial charge < -0.3 is 10.1 Å². The normalized spacial score (nSPS) is 24.6. The van der Waals surface area contributed by atoms with Crippen molar-refractivity contribution in [3.63, 3.8) is 0 Å². The predicted octanol–water partition coefficient (Wildman–Crippen LogP) is 5.09. The van der Waals surface area contributed by atoms with Gasteiger partial charge in [-0.1, -0.05) is 48.4 Å². The molecular weight excluding hydrogens is 332 g/mol. The molecule has 0 amide bonds. The van der Waals surface area contributed by atoms with Gasteiger partial charge in [0.15, 0.2) is 0 Å². The molecule has 2 heterocycles. The molecule has 0 radical (unpaired) electrons. The number of amidine groups is 1. The number of fused-ring (bicyclic) bond motifs is 1. The fourth-order valence-electron chi connectivity index (χ4n) is 3.85. The molecule has 25 heavy (non-hydrogen) atoms. The van der Waals surface area contributed by atoms with Crippen molar-refractivity contribution in [2.24, 2.45) is 10.4 Å². The highest BCUT2D eigenvalue weighted by atomic mass is 35.5. The highest BCUT2D eigenvalue weighted by molar-refractivity contribution is 6.30. The van der Waals surface area contributed by atoms with E-state index in [0.29, 0.717) is 6.54 Å². The topological polar surface area (TPSA) is 33.6 Å². The zero-order valence-electron chi connectivity index (χ0n) is 14.3. The SMILES string of the molecule is Clc1cccc(CN=C2Nc3ccccc3CC23CCCCOC3)c1. The molecule has 2 aliphatic rings. The summed E-state index contributed by atoms with van der Waals surface area (Å²) < 4.78 is 5.96. The van der Waals surface area contributed by atoms with E-state index in [4.69, 9.17) is 21.3 Å². The summed E-state index contributed by atoms with van der Waals surface area (Å²) in [5.74, 6) is 1.06. The maximum Gasteiger partial charge on any atom is 0.110 e. The third kappa shape index (κ3) is 3.58. The number of para-hydroxylation sites is 1. The zero-order valence-corrected chi connectivity index (χ0v) is 15.1. The summed E-state index contributed by atoms with van der Waals surface area (Å²) in [6, 6.07) is 16.5. The van der Waals surface area contributed by atoms with Gasteiger partial charge >= 0.3 is 0 Å². The van der Waals surface area contributed by atoms with Gasteiger partial charge in [0.05, 0.1) is 18.6 Å². The van der Waals surface area contributed by atoms with Crippen molar-refractivity contribution in [1.82, 2.24) is 0 Å². The Morgan fingerprint density at radius 3 is 2.96 bits per heavy atom. The van der Waals surface area contributed by atoms with Crippen LogP contribution in [0, 0.1) is 5.41 Å². The van der Waals surface area contributed by atoms with Crippen LogP contribution in [0.25, 0.3) is 0 Å². The Hall–Kier alpha value is -1.84. The van der Waals surface area contributed by atoms with Crippen molar-refractivity contribution in [2.45, 2.75) is 32.2 Å². The van der Waals surface area contributed by atoms with Crippen LogP contribution in [-0.2, 0) is 17.7 Å². The van der Waals surface area contributed by atoms with Crippen molar-refractivity contribution >= 4 is 23.1 Å². The van der Waals surface area contributed by atoms with E-state index in [1.165, 1.54) is 17.7 Å². The predicted molar refractivity (Wildman–Crippen MR) is 103 cm³/mol. The van der Waals surface area contributed by atoms with E-state index in [1.54, 1.807) is 0 Å². The highest BCUT2D eigenvalue weighted by Gasteiger charge is 2.41. The van der Waals surface area contributed by atoms with Crippen LogP contribution in [0.15, 0.2) is 53.5 Å². The van der Waals surface area contributed by atoms with Gasteiger partial charge in [0.1, 0.15) is 5.84 Å². The maximum atomic E-state index is 6.11. The first kappa shape index (κ1) is 16.6. The molecule has 4 rings (SSSR count). The molecule has 1 unspecified atom stereocenters. The Morgan fingerprint density at radius 1 is 1.12 bits per heavy atom. The number of aliphatic imine (C=N–C) groups is 1. The Bertz CT molecular complexity index is 779. The van der Waals surface area contributed by atoms with Gasteiger partial charge in [0.25, 0.3) is 0 Å². The molecule has 1 spiro atoms. The number of nitrogens with one attached hydrogen (secondary N) is 1. The molecule has 1 saturated heterocycles. The lowest BCUT2D eigenvalue weighted by molar-refractivity contribution is 0.0932. The van der Waals surface area contributed by atoms with Crippen molar-refractivity contribution in [2.75, 3.05) is 18.5 Å². The number of nitrogens with zero attached hydrogens (tertiary/aromatic N) is 1. The summed E-state index contributed by atoms with van der Waals surface area (Å²) in [4.78, 5) is 4.98. The van der Waals surface area contributed by atoms with Crippen LogP contribution in [0.5, 0.6) is 0 Å². The van der Waals surface area contributed by atoms with Crippen LogP contribution in [0.1, 0.15) is 30.4 Å². The number of hydrogen-bond acceptors (Lipinski definition) is 2. The van der Waals surface area contributed by atoms with Crippen molar-refractivity contribution in [1.29, 1.82) is 0 Å². The maximum absolute atomic E-state index is 6.11. The fourth-order valence-corrected chi connectivity index (χ4v) is 4.06.